The van der Waals surface area contributed by atoms with Crippen LogP contribution in [0.4, 0.5) is 0 Å². The van der Waals surface area contributed by atoms with Crippen molar-refractivity contribution < 1.29 is 5.11 Å². The maximum atomic E-state index is 9.72. The molecule has 0 radical (unpaired) electrons. The summed E-state index contributed by atoms with van der Waals surface area (Å²) in [6.07, 6.45) is 5.60. The van der Waals surface area contributed by atoms with E-state index in [0.29, 0.717) is 0 Å². The molecule has 1 unspecified atom stereocenters. The smallest absolute Gasteiger partial charge is 0.0465 e. The average Bonchev–Trinajstić information content (AvgIpc) is 2.96. The van der Waals surface area contributed by atoms with Gasteiger partial charge in [0.15, 0.2) is 0 Å². The van der Waals surface area contributed by atoms with E-state index in [0.717, 1.165) is 17.3 Å². The van der Waals surface area contributed by atoms with Crippen LogP contribution < -0.4 is 0 Å². The average molecular weight is 345 g/mol. The van der Waals surface area contributed by atoms with Gasteiger partial charge in [-0.15, -0.1) is 0 Å². The van der Waals surface area contributed by atoms with E-state index in [1.165, 1.54) is 41.5 Å². The number of aliphatic hydroxyl groups excluding tert-OH is 1. The molecule has 1 N–H and O–H groups in total. The molecule has 0 saturated carbocycles. The van der Waals surface area contributed by atoms with Gasteiger partial charge < -0.3 is 5.11 Å². The van der Waals surface area contributed by atoms with Crippen LogP contribution in [0.3, 0.4) is 0 Å². The minimum absolute atomic E-state index is 0.235. The predicted molar refractivity (Wildman–Crippen MR) is 90.6 cm³/mol. The van der Waals surface area contributed by atoms with E-state index in [1.54, 1.807) is 0 Å². The number of rotatable bonds is 5. The Morgan fingerprint density at radius 3 is 2.62 bits per heavy atom. The Bertz CT molecular complexity index is 621. The van der Waals surface area contributed by atoms with Gasteiger partial charge in [0.25, 0.3) is 0 Å². The molecular formula is C19H21BrO. The molecule has 2 aromatic carbocycles. The topological polar surface area (TPSA) is 20.2 Å². The van der Waals surface area contributed by atoms with E-state index in [4.69, 9.17) is 0 Å². The molecule has 3 rings (SSSR count). The van der Waals surface area contributed by atoms with Crippen LogP contribution in [0.1, 0.15) is 28.7 Å². The van der Waals surface area contributed by atoms with Crippen LogP contribution >= 0.6 is 15.9 Å². The molecule has 2 heteroatoms. The fourth-order valence-electron chi connectivity index (χ4n) is 3.26. The van der Waals surface area contributed by atoms with Crippen molar-refractivity contribution in [1.29, 1.82) is 0 Å². The molecule has 0 aromatic heterocycles. The maximum absolute atomic E-state index is 9.72. The van der Waals surface area contributed by atoms with E-state index in [2.05, 4.69) is 52.3 Å². The van der Waals surface area contributed by atoms with Gasteiger partial charge in [0.1, 0.15) is 0 Å². The quantitative estimate of drug-likeness (QED) is 0.855. The molecule has 1 aliphatic carbocycles. The van der Waals surface area contributed by atoms with Crippen LogP contribution in [0.5, 0.6) is 0 Å². The van der Waals surface area contributed by atoms with Gasteiger partial charge in [-0.25, -0.2) is 0 Å². The number of hydrogen-bond donors (Lipinski definition) is 1. The van der Waals surface area contributed by atoms with Gasteiger partial charge in [-0.05, 0) is 66.3 Å². The Balaban J connectivity index is 1.71. The Labute approximate surface area is 135 Å². The van der Waals surface area contributed by atoms with Gasteiger partial charge in [-0.3, -0.25) is 0 Å². The second kappa shape index (κ2) is 6.76. The second-order valence-corrected chi connectivity index (χ2v) is 6.86. The highest BCUT2D eigenvalue weighted by molar-refractivity contribution is 9.10. The monoisotopic (exact) mass is 344 g/mol. The van der Waals surface area contributed by atoms with Crippen LogP contribution in [0, 0.1) is 5.92 Å². The zero-order valence-corrected chi connectivity index (χ0v) is 13.8. The zero-order chi connectivity index (χ0) is 14.7. The number of halogens is 1. The first kappa shape index (κ1) is 14.8. The minimum atomic E-state index is 0.235. The van der Waals surface area contributed by atoms with Crippen LogP contribution in [0.15, 0.2) is 46.9 Å². The molecule has 1 aliphatic rings. The van der Waals surface area contributed by atoms with Gasteiger partial charge in [0.05, 0.1) is 0 Å². The summed E-state index contributed by atoms with van der Waals surface area (Å²) in [5.41, 5.74) is 5.68. The lowest BCUT2D eigenvalue weighted by Crippen LogP contribution is -2.13. The van der Waals surface area contributed by atoms with Crippen molar-refractivity contribution in [1.82, 2.24) is 0 Å². The summed E-state index contributed by atoms with van der Waals surface area (Å²) >= 11 is 3.60. The standard InChI is InChI=1S/C19H21BrO/c20-19-7-2-1-4-18(19)12-15(13-21)10-14-8-9-16-5-3-6-17(16)11-14/h1-2,4,7-9,11,15,21H,3,5-6,10,12-13H2. The van der Waals surface area contributed by atoms with Gasteiger partial charge in [0, 0.05) is 11.1 Å². The van der Waals surface area contributed by atoms with E-state index in [9.17, 15) is 5.11 Å². The lowest BCUT2D eigenvalue weighted by atomic mass is 9.92. The summed E-state index contributed by atoms with van der Waals surface area (Å²) in [6.45, 7) is 0.235. The molecule has 0 bridgehead atoms. The third-order valence-electron chi connectivity index (χ3n) is 4.41. The van der Waals surface area contributed by atoms with Crippen molar-refractivity contribution in [3.05, 3.63) is 69.2 Å². The third-order valence-corrected chi connectivity index (χ3v) is 5.19. The van der Waals surface area contributed by atoms with E-state index >= 15 is 0 Å². The van der Waals surface area contributed by atoms with Crippen molar-refractivity contribution in [2.75, 3.05) is 6.61 Å². The van der Waals surface area contributed by atoms with Gasteiger partial charge in [0.2, 0.25) is 0 Å². The highest BCUT2D eigenvalue weighted by Crippen LogP contribution is 2.25. The molecule has 0 saturated heterocycles. The molecule has 0 aliphatic heterocycles. The number of benzene rings is 2. The van der Waals surface area contributed by atoms with Crippen LogP contribution in [0.2, 0.25) is 0 Å². The number of hydrogen-bond acceptors (Lipinski definition) is 1. The maximum Gasteiger partial charge on any atom is 0.0465 e. The van der Waals surface area contributed by atoms with E-state index in [1.807, 2.05) is 6.07 Å². The summed E-state index contributed by atoms with van der Waals surface area (Å²) in [5, 5.41) is 9.72. The van der Waals surface area contributed by atoms with Gasteiger partial charge in [-0.1, -0.05) is 52.3 Å². The Morgan fingerprint density at radius 1 is 1.00 bits per heavy atom. The zero-order valence-electron chi connectivity index (χ0n) is 12.2. The van der Waals surface area contributed by atoms with Crippen molar-refractivity contribution in [3.63, 3.8) is 0 Å². The first-order chi connectivity index (χ1) is 10.3. The summed E-state index contributed by atoms with van der Waals surface area (Å²) < 4.78 is 1.14. The van der Waals surface area contributed by atoms with Crippen molar-refractivity contribution in [2.45, 2.75) is 32.1 Å². The Kier molecular flexibility index (Phi) is 4.77. The summed E-state index contributed by atoms with van der Waals surface area (Å²) in [5.74, 6) is 0.281. The molecule has 0 fully saturated rings. The van der Waals surface area contributed by atoms with Gasteiger partial charge in [-0.2, -0.15) is 0 Å². The molecule has 0 spiro atoms. The lowest BCUT2D eigenvalue weighted by Gasteiger charge is -2.16. The predicted octanol–water partition coefficient (Wildman–Crippen LogP) is 4.33. The van der Waals surface area contributed by atoms with Crippen LogP contribution in [-0.2, 0) is 25.7 Å². The first-order valence-electron chi connectivity index (χ1n) is 7.71. The normalized spacial score (nSPS) is 15.0. The number of aryl methyl sites for hydroxylation is 2. The SMILES string of the molecule is OCC(Cc1ccc2c(c1)CCC2)Cc1ccccc1Br. The Hall–Kier alpha value is -1.12. The largest absolute Gasteiger partial charge is 0.396 e. The molecule has 1 atom stereocenters. The summed E-state index contributed by atoms with van der Waals surface area (Å²) in [4.78, 5) is 0. The molecular weight excluding hydrogens is 324 g/mol. The first-order valence-corrected chi connectivity index (χ1v) is 8.50. The molecule has 1 nitrogen and oxygen atoms in total. The van der Waals surface area contributed by atoms with Crippen LogP contribution in [-0.4, -0.2) is 11.7 Å². The lowest BCUT2D eigenvalue weighted by molar-refractivity contribution is 0.225. The molecule has 110 valence electrons. The van der Waals surface area contributed by atoms with E-state index < -0.39 is 0 Å². The number of aliphatic hydroxyl groups is 1. The Morgan fingerprint density at radius 2 is 1.81 bits per heavy atom. The molecule has 0 heterocycles. The second-order valence-electron chi connectivity index (χ2n) is 6.00. The molecule has 2 aromatic rings. The van der Waals surface area contributed by atoms with Crippen LogP contribution in [0.25, 0.3) is 0 Å². The number of fused-ring (bicyclic) bond motifs is 1. The molecule has 21 heavy (non-hydrogen) atoms. The van der Waals surface area contributed by atoms with Crippen molar-refractivity contribution in [3.8, 4) is 0 Å². The fourth-order valence-corrected chi connectivity index (χ4v) is 3.71. The molecule has 0 amide bonds. The minimum Gasteiger partial charge on any atom is -0.396 e. The van der Waals surface area contributed by atoms with Crippen molar-refractivity contribution >= 4 is 15.9 Å². The van der Waals surface area contributed by atoms with E-state index in [-0.39, 0.29) is 12.5 Å². The van der Waals surface area contributed by atoms with Crippen molar-refractivity contribution in [2.24, 2.45) is 5.92 Å². The highest BCUT2D eigenvalue weighted by atomic mass is 79.9. The third kappa shape index (κ3) is 3.56. The fraction of sp³-hybridized carbons (Fsp3) is 0.368. The summed E-state index contributed by atoms with van der Waals surface area (Å²) in [7, 11) is 0. The highest BCUT2D eigenvalue weighted by Gasteiger charge is 2.15. The summed E-state index contributed by atoms with van der Waals surface area (Å²) in [6, 6.07) is 15.2. The van der Waals surface area contributed by atoms with Gasteiger partial charge >= 0.3 is 0 Å².